The van der Waals surface area contributed by atoms with Crippen molar-refractivity contribution < 1.29 is 111 Å². The number of fused-ring (bicyclic) bond motifs is 2. The first-order valence-electron chi connectivity index (χ1n) is 48.0. The summed E-state index contributed by atoms with van der Waals surface area (Å²) < 4.78 is 0. The first-order valence-corrected chi connectivity index (χ1v) is 49.2. The lowest BCUT2D eigenvalue weighted by molar-refractivity contribution is -0.143. The summed E-state index contributed by atoms with van der Waals surface area (Å²) in [5.74, 6) is -25.6. The number of aromatic amines is 2. The fraction of sp³-hybridized carbons (Fsp3) is 0.495. The highest BCUT2D eigenvalue weighted by Gasteiger charge is 2.42. The van der Waals surface area contributed by atoms with E-state index >= 15 is 14.4 Å². The van der Waals surface area contributed by atoms with E-state index in [1.165, 1.54) is 6.20 Å². The fourth-order valence-electron chi connectivity index (χ4n) is 15.7. The van der Waals surface area contributed by atoms with Crippen molar-refractivity contribution in [3.63, 3.8) is 0 Å². The van der Waals surface area contributed by atoms with Gasteiger partial charge in [0.1, 0.15) is 90.6 Å². The van der Waals surface area contributed by atoms with Crippen LogP contribution in [0.4, 0.5) is 0 Å². The van der Waals surface area contributed by atoms with Gasteiger partial charge in [-0.05, 0) is 123 Å². The Morgan fingerprint density at radius 3 is 1.02 bits per heavy atom. The Bertz CT molecular complexity index is 5520. The van der Waals surface area contributed by atoms with Crippen LogP contribution in [0, 0.1) is 17.8 Å². The standard InChI is InChI=1S/C97H138N24O23S2/c1-7-52(6)81(121-92(138)70(111-82(128)59(100)43-79(126)127)42-56-47-106-61-29-17-15-27-58(56)61)96(142)119-74(49-146)94(140)117-72(45-78(104)125)91(137)112-66(38-50(2)3)86(132)113-67(39-53-22-10-8-11-23-53)87(133)107-62(30-18-20-36-98)83(129)116-71(44-77(103)124)90(136)108-63(32-34-75(101)122)84(130)115-69(41-55-46-105-60-28-16-14-26-57(55)60)89(135)114-68(40-54-24-12-9-13-25-54)88(134)118-73(48-145)93(139)109-64(33-35-76(102)123)85(131)120-80(51(4)5)95(141)110-65(97(143)144)31-19-21-37-99/h8-17,22-29,46-47,50-52,59,62-74,80-81,105-106,145-146H,7,18-21,30-45,48-49,98-100H2,1-6H3,(H2,101,122)(H2,102,123)(H2,103,124)(H2,104,125)(H,107,133)(H,108,136)(H,109,139)(H,110,141)(H,111,128)(H,112,137)(H,113,132)(H,114,135)(H,115,130)(H,116,129)(H,117,140)(H,118,134)(H,119,142)(H,120,131)(H,121,138)(H,126,127)(H,143,144)/t52-,59-,62-,63-,64-,65-,66-,67-,68-,69-,70-,71-,72-,73-,74-,80-,81-/m0/s1. The molecule has 33 N–H and O–H groups in total. The van der Waals surface area contributed by atoms with Crippen molar-refractivity contribution in [3.8, 4) is 0 Å². The third kappa shape index (κ3) is 39.8. The molecule has 4 aromatic carbocycles. The maximum absolute atomic E-state index is 15.3. The summed E-state index contributed by atoms with van der Waals surface area (Å²) >= 11 is 8.65. The zero-order valence-corrected chi connectivity index (χ0v) is 84.0. The highest BCUT2D eigenvalue weighted by atomic mass is 32.1. The second-order valence-electron chi connectivity index (χ2n) is 36.4. The van der Waals surface area contributed by atoms with Crippen molar-refractivity contribution in [3.05, 3.63) is 144 Å². The molecule has 0 aliphatic heterocycles. The predicted molar refractivity (Wildman–Crippen MR) is 543 cm³/mol. The number of carboxylic acid groups (broad SMARTS) is 2. The molecule has 17 atom stereocenters. The molecule has 0 aliphatic carbocycles. The Morgan fingerprint density at radius 2 is 0.637 bits per heavy atom. The van der Waals surface area contributed by atoms with Crippen LogP contribution in [0.1, 0.15) is 160 Å². The number of amides is 19. The number of thiol groups is 2. The Hall–Kier alpha value is -14.6. The number of rotatable bonds is 66. The Labute approximate surface area is 853 Å². The van der Waals surface area contributed by atoms with Gasteiger partial charge in [0, 0.05) is 84.2 Å². The van der Waals surface area contributed by atoms with Gasteiger partial charge in [-0.3, -0.25) is 95.9 Å². The molecular formula is C97H138N24O23S2. The number of unbranched alkanes of at least 4 members (excludes halogenated alkanes) is 2. The lowest BCUT2D eigenvalue weighted by Crippen LogP contribution is -2.62. The fourth-order valence-corrected chi connectivity index (χ4v) is 16.2. The largest absolute Gasteiger partial charge is 0.481 e. The number of para-hydroxylation sites is 2. The summed E-state index contributed by atoms with van der Waals surface area (Å²) in [6.07, 6.45) is -1.94. The van der Waals surface area contributed by atoms with E-state index in [9.17, 15) is 96.5 Å². The van der Waals surface area contributed by atoms with Crippen LogP contribution in [-0.4, -0.2) is 266 Å². The van der Waals surface area contributed by atoms with Gasteiger partial charge in [0.25, 0.3) is 0 Å². The first-order chi connectivity index (χ1) is 69.3. The van der Waals surface area contributed by atoms with Crippen LogP contribution in [-0.2, 0) is 126 Å². The number of benzene rings is 4. The number of nitrogens with one attached hydrogen (secondary N) is 17. The van der Waals surface area contributed by atoms with Crippen LogP contribution >= 0.6 is 25.3 Å². The molecule has 6 rings (SSSR count). The van der Waals surface area contributed by atoms with Gasteiger partial charge in [-0.25, -0.2) is 4.79 Å². The van der Waals surface area contributed by atoms with Gasteiger partial charge in [-0.15, -0.1) is 0 Å². The molecule has 49 heteroatoms. The maximum atomic E-state index is 15.3. The van der Waals surface area contributed by atoms with Gasteiger partial charge in [-0.1, -0.05) is 145 Å². The Balaban J connectivity index is 1.25. The SMILES string of the molecule is CC[C@H](C)[C@H](NC(=O)[C@H](Cc1c[nH]c2ccccc12)NC(=O)[C@@H](N)CC(=O)O)C(=O)N[C@@H](CS)C(=O)N[C@@H](CC(N)=O)C(=O)N[C@@H](CC(C)C)C(=O)N[C@@H](Cc1ccccc1)C(=O)N[C@@H](CCCCN)C(=O)N[C@@H](CC(N)=O)C(=O)N[C@@H](CCC(N)=O)C(=O)N[C@@H](Cc1c[nH]c2ccccc12)C(=O)N[C@@H](Cc1ccccc1)C(=O)N[C@@H](CS)C(=O)N[C@@H](CCC(N)=O)C(=O)N[C@H](C(=O)N[C@@H](CCCCN)C(=O)O)C(C)C. The maximum Gasteiger partial charge on any atom is 0.326 e. The number of hydrogen-bond acceptors (Lipinski definition) is 26. The van der Waals surface area contributed by atoms with E-state index in [-0.39, 0.29) is 77.3 Å². The Morgan fingerprint density at radius 1 is 0.329 bits per heavy atom. The van der Waals surface area contributed by atoms with Gasteiger partial charge in [0.15, 0.2) is 0 Å². The van der Waals surface area contributed by atoms with Crippen LogP contribution in [0.3, 0.4) is 0 Å². The minimum atomic E-state index is -2.02. The number of carbonyl (C=O) groups excluding carboxylic acids is 19. The smallest absolute Gasteiger partial charge is 0.326 e. The molecule has 0 fully saturated rings. The quantitative estimate of drug-likeness (QED) is 0.0129. The molecule has 0 unspecified atom stereocenters. The average Bonchev–Trinajstić information content (AvgIpc) is 1.65. The number of aromatic nitrogens is 2. The summed E-state index contributed by atoms with van der Waals surface area (Å²) in [5.41, 5.74) is 43.0. The molecule has 6 aromatic rings. The zero-order valence-electron chi connectivity index (χ0n) is 82.2. The molecule has 0 saturated carbocycles. The van der Waals surface area contributed by atoms with Gasteiger partial charge in [-0.2, -0.15) is 25.3 Å². The van der Waals surface area contributed by atoms with Crippen molar-refractivity contribution >= 4 is 171 Å². The summed E-state index contributed by atoms with van der Waals surface area (Å²) in [5, 5.41) is 58.6. The Kier molecular flexibility index (Phi) is 50.1. The average molecular weight is 2070 g/mol. The highest BCUT2D eigenvalue weighted by molar-refractivity contribution is 7.80. The third-order valence-electron chi connectivity index (χ3n) is 23.9. The van der Waals surface area contributed by atoms with E-state index < -0.39 is 295 Å². The van der Waals surface area contributed by atoms with Crippen molar-refractivity contribution in [2.75, 3.05) is 24.6 Å². The molecule has 0 spiro atoms. The van der Waals surface area contributed by atoms with Crippen LogP contribution in [0.5, 0.6) is 0 Å². The minimum Gasteiger partial charge on any atom is -0.481 e. The zero-order chi connectivity index (χ0) is 108. The van der Waals surface area contributed by atoms with Gasteiger partial charge >= 0.3 is 11.9 Å². The molecule has 0 radical (unpaired) electrons. The number of H-pyrrole nitrogens is 2. The summed E-state index contributed by atoms with van der Waals surface area (Å²) in [4.78, 5) is 299. The monoisotopic (exact) mass is 2070 g/mol. The van der Waals surface area contributed by atoms with E-state index in [4.69, 9.17) is 40.1 Å². The lowest BCUT2D eigenvalue weighted by Gasteiger charge is -2.29. The summed E-state index contributed by atoms with van der Waals surface area (Å²) in [6, 6.07) is 3.87. The van der Waals surface area contributed by atoms with Crippen LogP contribution in [0.25, 0.3) is 21.8 Å². The molecule has 796 valence electrons. The van der Waals surface area contributed by atoms with E-state index in [2.05, 4.69) is 115 Å². The highest BCUT2D eigenvalue weighted by Crippen LogP contribution is 2.24. The third-order valence-corrected chi connectivity index (χ3v) is 24.6. The van der Waals surface area contributed by atoms with Gasteiger partial charge in [0.2, 0.25) is 112 Å². The number of nitrogens with two attached hydrogens (primary N) is 7. The number of primary amides is 4. The summed E-state index contributed by atoms with van der Waals surface area (Å²) in [7, 11) is 0. The summed E-state index contributed by atoms with van der Waals surface area (Å²) in [6.45, 7) is 10.1. The number of carboxylic acids is 2. The van der Waals surface area contributed by atoms with Crippen LogP contribution in [0.2, 0.25) is 0 Å². The second kappa shape index (κ2) is 60.9. The van der Waals surface area contributed by atoms with E-state index in [0.717, 1.165) is 0 Å². The van der Waals surface area contributed by atoms with Crippen molar-refractivity contribution in [1.29, 1.82) is 0 Å². The topological polar surface area (TPSA) is 793 Å². The lowest BCUT2D eigenvalue weighted by atomic mass is 9.96. The molecule has 19 amide bonds. The van der Waals surface area contributed by atoms with Crippen molar-refractivity contribution in [2.45, 2.75) is 260 Å². The van der Waals surface area contributed by atoms with Crippen molar-refractivity contribution in [1.82, 2.24) is 89.7 Å². The van der Waals surface area contributed by atoms with E-state index in [0.29, 0.717) is 56.9 Å². The van der Waals surface area contributed by atoms with E-state index in [1.807, 2.05) is 0 Å². The number of aliphatic carboxylic acids is 2. The number of carbonyl (C=O) groups is 21. The molecule has 2 heterocycles. The predicted octanol–water partition coefficient (Wildman–Crippen LogP) is -3.77. The molecule has 0 saturated heterocycles. The van der Waals surface area contributed by atoms with Gasteiger partial charge < -0.3 is 140 Å². The molecule has 0 aliphatic rings. The molecule has 0 bridgehead atoms. The van der Waals surface area contributed by atoms with Crippen molar-refractivity contribution in [2.24, 2.45) is 57.9 Å². The minimum absolute atomic E-state index is 0.0112. The van der Waals surface area contributed by atoms with E-state index in [1.54, 1.807) is 157 Å². The van der Waals surface area contributed by atoms with Crippen LogP contribution in [0.15, 0.2) is 122 Å². The van der Waals surface area contributed by atoms with Crippen LogP contribution < -0.4 is 120 Å². The molecule has 47 nitrogen and oxygen atoms in total. The normalized spacial score (nSPS) is 14.7. The molecule has 2 aromatic heterocycles. The molecule has 146 heavy (non-hydrogen) atoms. The first kappa shape index (κ1) is 120. The van der Waals surface area contributed by atoms with Gasteiger partial charge in [0.05, 0.1) is 25.3 Å². The second-order valence-corrected chi connectivity index (χ2v) is 37.1. The number of hydrogen-bond donors (Lipinski definition) is 28. The molecular weight excluding hydrogens is 1930 g/mol.